The van der Waals surface area contributed by atoms with E-state index in [0.29, 0.717) is 12.1 Å². The maximum atomic E-state index is 8.26. The van der Waals surface area contributed by atoms with E-state index in [1.165, 1.54) is 0 Å². The zero-order valence-electron chi connectivity index (χ0n) is 4.46. The molecule has 0 atom stereocenters. The summed E-state index contributed by atoms with van der Waals surface area (Å²) in [5, 5.41) is 18.1. The van der Waals surface area contributed by atoms with Crippen LogP contribution >= 0.6 is 0 Å². The maximum absolute atomic E-state index is 8.26. The minimum Gasteiger partial charge on any atom is -0.396 e. The third kappa shape index (κ3) is 2.30. The molecule has 0 rings (SSSR count). The number of hydrogen-bond acceptors (Lipinski definition) is 4. The van der Waals surface area contributed by atoms with Gasteiger partial charge in [0.1, 0.15) is 0 Å². The van der Waals surface area contributed by atoms with Crippen LogP contribution in [0.2, 0.25) is 0 Å². The van der Waals surface area contributed by atoms with Gasteiger partial charge in [0.25, 0.3) is 0 Å². The maximum Gasteiger partial charge on any atom is 0.0798 e. The molecule has 0 saturated carbocycles. The summed E-state index contributed by atoms with van der Waals surface area (Å²) in [5.74, 6) is 4.79. The minimum absolute atomic E-state index is 0.00852. The van der Waals surface area contributed by atoms with E-state index in [9.17, 15) is 0 Å². The number of nitrogens with one attached hydrogen (secondary N) is 1. The fourth-order valence-corrected chi connectivity index (χ4v) is 0.289. The van der Waals surface area contributed by atoms with Crippen LogP contribution < -0.4 is 5.84 Å². The SMILES string of the molecule is N=CC(CCO)=NN. The van der Waals surface area contributed by atoms with Crippen molar-refractivity contribution in [3.05, 3.63) is 0 Å². The second kappa shape index (κ2) is 4.26. The second-order valence-corrected chi connectivity index (χ2v) is 1.24. The van der Waals surface area contributed by atoms with Gasteiger partial charge in [0.05, 0.1) is 5.71 Å². The van der Waals surface area contributed by atoms with Crippen molar-refractivity contribution in [3.8, 4) is 0 Å². The lowest BCUT2D eigenvalue weighted by Gasteiger charge is -1.89. The molecule has 0 unspecified atom stereocenters. The van der Waals surface area contributed by atoms with Gasteiger partial charge in [-0.25, -0.2) is 0 Å². The summed E-state index contributed by atoms with van der Waals surface area (Å²) in [6.45, 7) is -0.00852. The van der Waals surface area contributed by atoms with E-state index < -0.39 is 0 Å². The van der Waals surface area contributed by atoms with Crippen molar-refractivity contribution in [2.75, 3.05) is 6.61 Å². The predicted octanol–water partition coefficient (Wildman–Crippen LogP) is -0.667. The van der Waals surface area contributed by atoms with E-state index in [4.69, 9.17) is 16.4 Å². The smallest absolute Gasteiger partial charge is 0.0798 e. The Kier molecular flexibility index (Phi) is 3.78. The second-order valence-electron chi connectivity index (χ2n) is 1.24. The van der Waals surface area contributed by atoms with E-state index in [1.807, 2.05) is 0 Å². The largest absolute Gasteiger partial charge is 0.396 e. The Morgan fingerprint density at radius 1 is 1.88 bits per heavy atom. The zero-order chi connectivity index (χ0) is 6.41. The Bertz CT molecular complexity index is 99.5. The predicted molar refractivity (Wildman–Crippen MR) is 32.1 cm³/mol. The zero-order valence-corrected chi connectivity index (χ0v) is 4.46. The van der Waals surface area contributed by atoms with Crippen LogP contribution in [-0.4, -0.2) is 23.6 Å². The Labute approximate surface area is 47.5 Å². The third-order valence-corrected chi connectivity index (χ3v) is 0.700. The molecule has 4 nitrogen and oxygen atoms in total. The quantitative estimate of drug-likeness (QED) is 0.259. The highest BCUT2D eigenvalue weighted by Gasteiger charge is 1.88. The number of hydrazone groups is 1. The van der Waals surface area contributed by atoms with Crippen LogP contribution in [0, 0.1) is 5.41 Å². The molecule has 4 N–H and O–H groups in total. The van der Waals surface area contributed by atoms with Gasteiger partial charge in [-0.1, -0.05) is 0 Å². The van der Waals surface area contributed by atoms with Crippen LogP contribution in [0.15, 0.2) is 5.10 Å². The summed E-state index contributed by atoms with van der Waals surface area (Å²) < 4.78 is 0. The van der Waals surface area contributed by atoms with Gasteiger partial charge in [0, 0.05) is 19.2 Å². The van der Waals surface area contributed by atoms with Crippen LogP contribution in [0.1, 0.15) is 6.42 Å². The summed E-state index contributed by atoms with van der Waals surface area (Å²) in [6, 6.07) is 0. The molecule has 0 radical (unpaired) electrons. The molecule has 0 saturated heterocycles. The molecule has 46 valence electrons. The van der Waals surface area contributed by atoms with Gasteiger partial charge in [0.15, 0.2) is 0 Å². The molecule has 0 amide bonds. The summed E-state index contributed by atoms with van der Waals surface area (Å²) in [7, 11) is 0. The molecule has 4 heteroatoms. The molecular formula is C4H9N3O. The van der Waals surface area contributed by atoms with Gasteiger partial charge >= 0.3 is 0 Å². The molecule has 8 heavy (non-hydrogen) atoms. The fraction of sp³-hybridized carbons (Fsp3) is 0.500. The third-order valence-electron chi connectivity index (χ3n) is 0.700. The van der Waals surface area contributed by atoms with E-state index in [0.717, 1.165) is 6.21 Å². The van der Waals surface area contributed by atoms with Gasteiger partial charge < -0.3 is 16.4 Å². The highest BCUT2D eigenvalue weighted by atomic mass is 16.3. The fourth-order valence-electron chi connectivity index (χ4n) is 0.289. The van der Waals surface area contributed by atoms with Crippen LogP contribution in [0.3, 0.4) is 0 Å². The van der Waals surface area contributed by atoms with E-state index >= 15 is 0 Å². The van der Waals surface area contributed by atoms with Crippen molar-refractivity contribution in [3.63, 3.8) is 0 Å². The molecule has 0 aliphatic rings. The van der Waals surface area contributed by atoms with Crippen molar-refractivity contribution in [1.82, 2.24) is 0 Å². The van der Waals surface area contributed by atoms with Gasteiger partial charge in [-0.2, -0.15) is 5.10 Å². The van der Waals surface area contributed by atoms with Crippen molar-refractivity contribution in [2.24, 2.45) is 10.9 Å². The number of nitrogens with two attached hydrogens (primary N) is 1. The molecule has 0 aromatic carbocycles. The van der Waals surface area contributed by atoms with Crippen molar-refractivity contribution < 1.29 is 5.11 Å². The van der Waals surface area contributed by atoms with E-state index in [1.54, 1.807) is 0 Å². The van der Waals surface area contributed by atoms with Crippen molar-refractivity contribution in [1.29, 1.82) is 5.41 Å². The number of nitrogens with zero attached hydrogens (tertiary/aromatic N) is 1. The molecule has 0 heterocycles. The van der Waals surface area contributed by atoms with Crippen molar-refractivity contribution in [2.45, 2.75) is 6.42 Å². The van der Waals surface area contributed by atoms with Crippen LogP contribution in [0.4, 0.5) is 0 Å². The number of aliphatic hydroxyl groups is 1. The lowest BCUT2D eigenvalue weighted by atomic mass is 10.3. The van der Waals surface area contributed by atoms with Gasteiger partial charge in [-0.3, -0.25) is 0 Å². The van der Waals surface area contributed by atoms with Crippen LogP contribution in [-0.2, 0) is 0 Å². The molecular weight excluding hydrogens is 106 g/mol. The Balaban J connectivity index is 3.54. The topological polar surface area (TPSA) is 82.5 Å². The highest BCUT2D eigenvalue weighted by molar-refractivity contribution is 6.29. The molecule has 0 aromatic rings. The molecule has 0 aliphatic carbocycles. The standard InChI is InChI=1S/C4H9N3O/c5-3-4(7-6)1-2-8/h3,5,8H,1-2,6H2. The Morgan fingerprint density at radius 2 is 2.50 bits per heavy atom. The molecule has 0 bridgehead atoms. The van der Waals surface area contributed by atoms with Crippen molar-refractivity contribution >= 4 is 11.9 Å². The van der Waals surface area contributed by atoms with Gasteiger partial charge in [0.2, 0.25) is 0 Å². The van der Waals surface area contributed by atoms with Gasteiger partial charge in [-0.05, 0) is 0 Å². The van der Waals surface area contributed by atoms with Crippen LogP contribution in [0.25, 0.3) is 0 Å². The Morgan fingerprint density at radius 3 is 2.62 bits per heavy atom. The average molecular weight is 115 g/mol. The number of hydrogen-bond donors (Lipinski definition) is 3. The Hall–Kier alpha value is -0.900. The van der Waals surface area contributed by atoms with E-state index in [2.05, 4.69) is 5.10 Å². The van der Waals surface area contributed by atoms with Crippen LogP contribution in [0.5, 0.6) is 0 Å². The summed E-state index contributed by atoms with van der Waals surface area (Å²) in [6.07, 6.45) is 1.39. The number of aliphatic hydroxyl groups excluding tert-OH is 1. The summed E-state index contributed by atoms with van der Waals surface area (Å²) in [5.41, 5.74) is 0.410. The lowest BCUT2D eigenvalue weighted by Crippen LogP contribution is -2.04. The minimum atomic E-state index is -0.00852. The molecule has 0 aliphatic heterocycles. The van der Waals surface area contributed by atoms with Gasteiger partial charge in [-0.15, -0.1) is 0 Å². The lowest BCUT2D eigenvalue weighted by molar-refractivity contribution is 0.307. The first-order valence-electron chi connectivity index (χ1n) is 2.23. The molecule has 0 aromatic heterocycles. The average Bonchev–Trinajstić information content (AvgIpc) is 1.83. The van der Waals surface area contributed by atoms with E-state index in [-0.39, 0.29) is 6.61 Å². The first kappa shape index (κ1) is 7.10. The number of rotatable bonds is 3. The first-order valence-corrected chi connectivity index (χ1v) is 2.23. The monoisotopic (exact) mass is 115 g/mol. The normalized spacial score (nSPS) is 11.4. The first-order chi connectivity index (χ1) is 3.85. The summed E-state index contributed by atoms with van der Waals surface area (Å²) >= 11 is 0. The molecule has 0 fully saturated rings. The molecule has 0 spiro atoms. The summed E-state index contributed by atoms with van der Waals surface area (Å²) in [4.78, 5) is 0. The highest BCUT2D eigenvalue weighted by Crippen LogP contribution is 1.77.